The maximum absolute atomic E-state index is 5.58. The van der Waals surface area contributed by atoms with Crippen molar-refractivity contribution in [2.45, 2.75) is 19.4 Å². The molecule has 6 heteroatoms. The highest BCUT2D eigenvalue weighted by molar-refractivity contribution is 7.99. The summed E-state index contributed by atoms with van der Waals surface area (Å²) in [5, 5.41) is 11.0. The number of nitrogens with two attached hydrogens (primary N) is 1. The highest BCUT2D eigenvalue weighted by Gasteiger charge is 2.15. The third-order valence-electron chi connectivity index (χ3n) is 2.25. The summed E-state index contributed by atoms with van der Waals surface area (Å²) in [5.41, 5.74) is 5.58. The van der Waals surface area contributed by atoms with Crippen LogP contribution in [0.4, 0.5) is 5.95 Å². The Hall–Kier alpha value is -0.780. The molecule has 1 saturated heterocycles. The average Bonchev–Trinajstić information content (AvgIpc) is 2.54. The molecule has 72 valence electrons. The molecule has 0 aliphatic carbocycles. The Labute approximate surface area is 81.1 Å². The third-order valence-corrected chi connectivity index (χ3v) is 3.53. The van der Waals surface area contributed by atoms with E-state index in [1.165, 1.54) is 24.3 Å². The van der Waals surface area contributed by atoms with Crippen LogP contribution in [0.3, 0.4) is 0 Å². The summed E-state index contributed by atoms with van der Waals surface area (Å²) in [7, 11) is 0. The van der Waals surface area contributed by atoms with Gasteiger partial charge in [-0.05, 0) is 40.7 Å². The second-order valence-corrected chi connectivity index (χ2v) is 4.45. The Balaban J connectivity index is 1.93. The summed E-state index contributed by atoms with van der Waals surface area (Å²) in [4.78, 5) is 0. The topological polar surface area (TPSA) is 69.6 Å². The molecule has 13 heavy (non-hydrogen) atoms. The first-order valence-corrected chi connectivity index (χ1v) is 5.61. The van der Waals surface area contributed by atoms with E-state index in [2.05, 4.69) is 15.5 Å². The monoisotopic (exact) mass is 199 g/mol. The van der Waals surface area contributed by atoms with Gasteiger partial charge in [0.25, 0.3) is 0 Å². The standard InChI is InChI=1S/C7H13N5S/c8-7-9-10-11-12(7)4-6-2-1-3-13-5-6/h6H,1-5H2,(H2,8,9,11). The molecule has 1 aliphatic rings. The van der Waals surface area contributed by atoms with Crippen LogP contribution < -0.4 is 5.73 Å². The summed E-state index contributed by atoms with van der Waals surface area (Å²) >= 11 is 2.01. The van der Waals surface area contributed by atoms with Crippen molar-refractivity contribution in [1.82, 2.24) is 20.2 Å². The predicted molar refractivity (Wildman–Crippen MR) is 52.3 cm³/mol. The molecule has 0 saturated carbocycles. The van der Waals surface area contributed by atoms with E-state index in [0.29, 0.717) is 11.9 Å². The van der Waals surface area contributed by atoms with Crippen LogP contribution in [0.25, 0.3) is 0 Å². The molecule has 1 unspecified atom stereocenters. The van der Waals surface area contributed by atoms with Crippen molar-refractivity contribution in [3.63, 3.8) is 0 Å². The van der Waals surface area contributed by atoms with Gasteiger partial charge in [0, 0.05) is 0 Å². The van der Waals surface area contributed by atoms with Crippen molar-refractivity contribution in [2.75, 3.05) is 17.2 Å². The van der Waals surface area contributed by atoms with Crippen LogP contribution in [-0.2, 0) is 6.54 Å². The number of nitrogens with zero attached hydrogens (tertiary/aromatic N) is 4. The molecule has 1 aliphatic heterocycles. The molecule has 0 spiro atoms. The van der Waals surface area contributed by atoms with E-state index in [4.69, 9.17) is 5.73 Å². The van der Waals surface area contributed by atoms with Crippen LogP contribution in [0.2, 0.25) is 0 Å². The van der Waals surface area contributed by atoms with Crippen molar-refractivity contribution in [2.24, 2.45) is 5.92 Å². The molecule has 1 fully saturated rings. The number of aromatic nitrogens is 4. The summed E-state index contributed by atoms with van der Waals surface area (Å²) in [6.45, 7) is 0.867. The van der Waals surface area contributed by atoms with Crippen LogP contribution in [0.1, 0.15) is 12.8 Å². The molecule has 2 heterocycles. The lowest BCUT2D eigenvalue weighted by molar-refractivity contribution is 0.418. The summed E-state index contributed by atoms with van der Waals surface area (Å²) in [6.07, 6.45) is 2.57. The number of rotatable bonds is 2. The van der Waals surface area contributed by atoms with Crippen LogP contribution in [-0.4, -0.2) is 31.7 Å². The zero-order valence-corrected chi connectivity index (χ0v) is 8.20. The lowest BCUT2D eigenvalue weighted by atomic mass is 10.1. The number of tetrazole rings is 1. The van der Waals surface area contributed by atoms with E-state index in [1.54, 1.807) is 4.68 Å². The maximum atomic E-state index is 5.58. The molecule has 1 aromatic heterocycles. The predicted octanol–water partition coefficient (Wildman–Crippen LogP) is 0.398. The SMILES string of the molecule is Nc1nnnn1CC1CCCSC1. The quantitative estimate of drug-likeness (QED) is 0.746. The Morgan fingerprint density at radius 3 is 3.15 bits per heavy atom. The zero-order chi connectivity index (χ0) is 9.10. The van der Waals surface area contributed by atoms with Gasteiger partial charge in [-0.3, -0.25) is 0 Å². The minimum Gasteiger partial charge on any atom is -0.367 e. The Morgan fingerprint density at radius 2 is 2.54 bits per heavy atom. The largest absolute Gasteiger partial charge is 0.367 e. The average molecular weight is 199 g/mol. The lowest BCUT2D eigenvalue weighted by Gasteiger charge is -2.20. The van der Waals surface area contributed by atoms with Gasteiger partial charge in [0.05, 0.1) is 6.54 Å². The molecule has 1 atom stereocenters. The van der Waals surface area contributed by atoms with Crippen molar-refractivity contribution < 1.29 is 0 Å². The Bertz CT molecular complexity index is 268. The van der Waals surface area contributed by atoms with E-state index < -0.39 is 0 Å². The molecule has 5 nitrogen and oxygen atoms in total. The zero-order valence-electron chi connectivity index (χ0n) is 7.39. The second-order valence-electron chi connectivity index (χ2n) is 3.30. The molecular formula is C7H13N5S. The van der Waals surface area contributed by atoms with Gasteiger partial charge in [0.2, 0.25) is 5.95 Å². The highest BCUT2D eigenvalue weighted by atomic mass is 32.2. The fourth-order valence-corrected chi connectivity index (χ4v) is 2.68. The number of hydrogen-bond acceptors (Lipinski definition) is 5. The molecule has 1 aromatic rings. The van der Waals surface area contributed by atoms with E-state index >= 15 is 0 Å². The fourth-order valence-electron chi connectivity index (χ4n) is 1.54. The van der Waals surface area contributed by atoms with Crippen molar-refractivity contribution in [3.8, 4) is 0 Å². The minimum absolute atomic E-state index is 0.426. The molecule has 0 aromatic carbocycles. The van der Waals surface area contributed by atoms with Crippen LogP contribution in [0.15, 0.2) is 0 Å². The van der Waals surface area contributed by atoms with Gasteiger partial charge in [-0.1, -0.05) is 5.10 Å². The van der Waals surface area contributed by atoms with Crippen LogP contribution >= 0.6 is 11.8 Å². The molecular weight excluding hydrogens is 186 g/mol. The minimum atomic E-state index is 0.426. The maximum Gasteiger partial charge on any atom is 0.240 e. The molecule has 0 radical (unpaired) electrons. The van der Waals surface area contributed by atoms with Gasteiger partial charge >= 0.3 is 0 Å². The van der Waals surface area contributed by atoms with Gasteiger partial charge in [-0.2, -0.15) is 11.8 Å². The van der Waals surface area contributed by atoms with Gasteiger partial charge in [0.15, 0.2) is 0 Å². The lowest BCUT2D eigenvalue weighted by Crippen LogP contribution is -2.19. The first-order chi connectivity index (χ1) is 6.36. The molecule has 2 rings (SSSR count). The van der Waals surface area contributed by atoms with Gasteiger partial charge in [0.1, 0.15) is 0 Å². The van der Waals surface area contributed by atoms with E-state index in [0.717, 1.165) is 6.54 Å². The number of hydrogen-bond donors (Lipinski definition) is 1. The molecule has 2 N–H and O–H groups in total. The van der Waals surface area contributed by atoms with Crippen molar-refractivity contribution in [1.29, 1.82) is 0 Å². The van der Waals surface area contributed by atoms with Crippen LogP contribution in [0, 0.1) is 5.92 Å². The summed E-state index contributed by atoms with van der Waals surface area (Å²) in [5.74, 6) is 3.61. The van der Waals surface area contributed by atoms with Gasteiger partial charge in [-0.25, -0.2) is 4.68 Å². The normalized spacial score (nSPS) is 23.2. The fraction of sp³-hybridized carbons (Fsp3) is 0.857. The Kier molecular flexibility index (Phi) is 2.68. The van der Waals surface area contributed by atoms with E-state index in [1.807, 2.05) is 11.8 Å². The van der Waals surface area contributed by atoms with Crippen LogP contribution in [0.5, 0.6) is 0 Å². The summed E-state index contributed by atoms with van der Waals surface area (Å²) < 4.78 is 1.69. The third kappa shape index (κ3) is 2.12. The van der Waals surface area contributed by atoms with E-state index in [-0.39, 0.29) is 0 Å². The first-order valence-electron chi connectivity index (χ1n) is 4.45. The Morgan fingerprint density at radius 1 is 1.62 bits per heavy atom. The number of thioether (sulfide) groups is 1. The number of anilines is 1. The van der Waals surface area contributed by atoms with Crippen molar-refractivity contribution in [3.05, 3.63) is 0 Å². The first kappa shape index (κ1) is 8.80. The second kappa shape index (κ2) is 3.95. The van der Waals surface area contributed by atoms with Gasteiger partial charge in [-0.15, -0.1) is 0 Å². The molecule has 0 bridgehead atoms. The van der Waals surface area contributed by atoms with Gasteiger partial charge < -0.3 is 5.73 Å². The van der Waals surface area contributed by atoms with Crippen molar-refractivity contribution >= 4 is 17.7 Å². The smallest absolute Gasteiger partial charge is 0.240 e. The molecule has 0 amide bonds. The highest BCUT2D eigenvalue weighted by Crippen LogP contribution is 2.23. The van der Waals surface area contributed by atoms with E-state index in [9.17, 15) is 0 Å². The number of nitrogen functional groups attached to an aromatic ring is 1. The summed E-state index contributed by atoms with van der Waals surface area (Å²) in [6, 6.07) is 0.